The minimum absolute atomic E-state index is 0.108. The number of piperazine rings is 1. The van der Waals surface area contributed by atoms with Crippen LogP contribution in [-0.2, 0) is 23.7 Å². The van der Waals surface area contributed by atoms with Crippen LogP contribution in [0, 0.1) is 17.8 Å². The largest absolute Gasteiger partial charge is 0.457 e. The number of rotatable bonds is 10. The molecule has 10 heteroatoms. The van der Waals surface area contributed by atoms with Crippen LogP contribution in [0.3, 0.4) is 0 Å². The number of likely N-dealkylation sites (N-methyl/N-ethyl adjacent to an activating group) is 1. The number of ether oxygens (including phenoxy) is 4. The molecule has 0 aromatic carbocycles. The highest BCUT2D eigenvalue weighted by atomic mass is 16.6. The summed E-state index contributed by atoms with van der Waals surface area (Å²) in [6.07, 6.45) is 9.28. The smallest absolute Gasteiger partial charge is 0.410 e. The zero-order chi connectivity index (χ0) is 33.3. The van der Waals surface area contributed by atoms with E-state index in [1.807, 2.05) is 66.0 Å². The lowest BCUT2D eigenvalue weighted by Gasteiger charge is -2.38. The molecular weight excluding hydrogens is 576 g/mol. The number of methoxy groups -OCH3 is 1. The molecule has 0 radical (unpaired) electrons. The molecule has 256 valence electrons. The molecule has 2 fully saturated rings. The van der Waals surface area contributed by atoms with Crippen LogP contribution in [0.5, 0.6) is 0 Å². The maximum absolute atomic E-state index is 13.2. The Bertz CT molecular complexity index is 1050. The minimum atomic E-state index is -0.917. The van der Waals surface area contributed by atoms with Crippen molar-refractivity contribution < 1.29 is 38.7 Å². The van der Waals surface area contributed by atoms with Crippen molar-refractivity contribution in [3.05, 3.63) is 36.0 Å². The quantitative estimate of drug-likeness (QED) is 0.155. The average Bonchev–Trinajstić information content (AvgIpc) is 3.77. The van der Waals surface area contributed by atoms with Crippen LogP contribution in [-0.4, -0.2) is 115 Å². The number of cyclic esters (lactones) is 1. The van der Waals surface area contributed by atoms with Crippen LogP contribution in [0.2, 0.25) is 0 Å². The van der Waals surface area contributed by atoms with Gasteiger partial charge in [0.15, 0.2) is 6.10 Å². The Morgan fingerprint density at radius 3 is 2.56 bits per heavy atom. The van der Waals surface area contributed by atoms with Gasteiger partial charge >= 0.3 is 12.1 Å². The first kappa shape index (κ1) is 37.2. The predicted octanol–water partition coefficient (Wildman–Crippen LogP) is 4.50. The van der Waals surface area contributed by atoms with E-state index in [1.54, 1.807) is 12.0 Å². The van der Waals surface area contributed by atoms with Gasteiger partial charge in [-0.1, -0.05) is 52.0 Å². The van der Waals surface area contributed by atoms with Gasteiger partial charge in [0.1, 0.15) is 11.7 Å². The molecule has 45 heavy (non-hydrogen) atoms. The topological polar surface area (TPSA) is 121 Å². The van der Waals surface area contributed by atoms with Crippen LogP contribution >= 0.6 is 0 Å². The highest BCUT2D eigenvalue weighted by molar-refractivity contribution is 5.70. The Kier molecular flexibility index (Phi) is 14.1. The number of allylic oxidation sites excluding steroid dienone is 3. The summed E-state index contributed by atoms with van der Waals surface area (Å²) in [5, 5.41) is 20.8. The summed E-state index contributed by atoms with van der Waals surface area (Å²) in [5.74, 6) is -0.316. The van der Waals surface area contributed by atoms with Crippen molar-refractivity contribution in [2.75, 3.05) is 40.3 Å². The Labute approximate surface area is 270 Å². The summed E-state index contributed by atoms with van der Waals surface area (Å²) in [7, 11) is 3.61. The number of carbonyl (C=O) groups is 2. The summed E-state index contributed by atoms with van der Waals surface area (Å²) in [6, 6.07) is 0. The molecule has 3 aliphatic rings. The van der Waals surface area contributed by atoms with Crippen molar-refractivity contribution in [2.45, 2.75) is 116 Å². The molecule has 1 amide bonds. The molecule has 0 spiro atoms. The van der Waals surface area contributed by atoms with Gasteiger partial charge < -0.3 is 39.0 Å². The van der Waals surface area contributed by atoms with Crippen LogP contribution in [0.4, 0.5) is 4.79 Å². The number of hydrogen-bond donors (Lipinski definition) is 2. The monoisotopic (exact) mass is 634 g/mol. The van der Waals surface area contributed by atoms with Crippen LogP contribution < -0.4 is 0 Å². The molecule has 10 nitrogen and oxygen atoms in total. The number of hydrogen-bond acceptors (Lipinski definition) is 9. The molecule has 10 atom stereocenters. The number of aliphatic hydroxyl groups excluding tert-OH is 2. The van der Waals surface area contributed by atoms with Gasteiger partial charge in [-0.2, -0.15) is 0 Å². The van der Waals surface area contributed by atoms with Gasteiger partial charge in [-0.3, -0.25) is 4.79 Å². The molecule has 0 unspecified atom stereocenters. The van der Waals surface area contributed by atoms with Crippen molar-refractivity contribution in [3.8, 4) is 0 Å². The third-order valence-electron chi connectivity index (χ3n) is 9.78. The molecule has 0 aromatic heterocycles. The zero-order valence-electron chi connectivity index (χ0n) is 28.7. The van der Waals surface area contributed by atoms with Crippen LogP contribution in [0.1, 0.15) is 73.6 Å². The SMILES string of the molecule is CC[C@H](O)[C@@H](C)[C@H]1O[C@@H]1C[C@H](C)/C=C/C=C(\C)[C@H]1OC(=O)C[C@H](O)CC[C@@](C)(OC)[C@@H](OC(=O)N2CCN(C)CC2)/C=C/[C@@H]1C. The summed E-state index contributed by atoms with van der Waals surface area (Å²) in [4.78, 5) is 30.0. The maximum Gasteiger partial charge on any atom is 0.410 e. The van der Waals surface area contributed by atoms with Crippen molar-refractivity contribution in [2.24, 2.45) is 17.8 Å². The number of amides is 1. The molecular formula is C35H58N2O8. The number of esters is 1. The van der Waals surface area contributed by atoms with E-state index in [1.165, 1.54) is 0 Å². The van der Waals surface area contributed by atoms with Gasteiger partial charge in [0.05, 0.1) is 30.8 Å². The van der Waals surface area contributed by atoms with Crippen LogP contribution in [0.25, 0.3) is 0 Å². The summed E-state index contributed by atoms with van der Waals surface area (Å²) < 4.78 is 23.7. The van der Waals surface area contributed by atoms with E-state index in [-0.39, 0.29) is 48.9 Å². The molecule has 0 aromatic rings. The fraction of sp³-hybridized carbons (Fsp3) is 0.771. The summed E-state index contributed by atoms with van der Waals surface area (Å²) in [5.41, 5.74) is -0.0467. The molecule has 3 aliphatic heterocycles. The van der Waals surface area contributed by atoms with E-state index in [4.69, 9.17) is 18.9 Å². The predicted molar refractivity (Wildman–Crippen MR) is 174 cm³/mol. The molecule has 2 saturated heterocycles. The Balaban J connectivity index is 1.74. The van der Waals surface area contributed by atoms with E-state index in [2.05, 4.69) is 17.9 Å². The van der Waals surface area contributed by atoms with E-state index in [0.29, 0.717) is 19.5 Å². The number of carbonyl (C=O) groups excluding carboxylic acids is 2. The first-order valence-corrected chi connectivity index (χ1v) is 16.7. The third-order valence-corrected chi connectivity index (χ3v) is 9.78. The molecule has 3 heterocycles. The highest BCUT2D eigenvalue weighted by Gasteiger charge is 2.45. The molecule has 3 rings (SSSR count). The molecule has 0 saturated carbocycles. The van der Waals surface area contributed by atoms with Gasteiger partial charge in [-0.15, -0.1) is 0 Å². The number of aliphatic hydroxyl groups is 2. The van der Waals surface area contributed by atoms with E-state index in [0.717, 1.165) is 31.5 Å². The molecule has 0 aliphatic carbocycles. The lowest BCUT2D eigenvalue weighted by atomic mass is 9.88. The van der Waals surface area contributed by atoms with Crippen molar-refractivity contribution in [1.29, 1.82) is 0 Å². The standard InChI is InChI=1S/C35H58N2O8/c1-9-28(39)26(5)33-29(43-33)21-23(2)11-10-12-24(3)32-25(4)13-14-30(44-34(41)37-19-17-36(7)18-20-37)35(6,42-8)16-15-27(38)22-31(40)45-32/h10-14,23,25-30,32-33,38-39H,9,15-22H2,1-8H3/b11-10+,14-13+,24-12+/t23-,25+,26-,27-,28+,29-,30+,32-,33-,35-/m1/s1. The van der Waals surface area contributed by atoms with Gasteiger partial charge in [0, 0.05) is 45.1 Å². The molecule has 0 bridgehead atoms. The van der Waals surface area contributed by atoms with Gasteiger partial charge in [-0.25, -0.2) is 4.79 Å². The van der Waals surface area contributed by atoms with E-state index < -0.39 is 36.0 Å². The normalized spacial score (nSPS) is 35.1. The van der Waals surface area contributed by atoms with E-state index in [9.17, 15) is 19.8 Å². The lowest BCUT2D eigenvalue weighted by molar-refractivity contribution is -0.151. The van der Waals surface area contributed by atoms with Crippen molar-refractivity contribution in [3.63, 3.8) is 0 Å². The first-order chi connectivity index (χ1) is 21.3. The van der Waals surface area contributed by atoms with E-state index >= 15 is 0 Å². The zero-order valence-corrected chi connectivity index (χ0v) is 28.7. The molecule has 2 N–H and O–H groups in total. The fourth-order valence-electron chi connectivity index (χ4n) is 6.17. The fourth-order valence-corrected chi connectivity index (χ4v) is 6.17. The Morgan fingerprint density at radius 1 is 1.22 bits per heavy atom. The number of epoxide rings is 1. The first-order valence-electron chi connectivity index (χ1n) is 16.7. The second-order valence-electron chi connectivity index (χ2n) is 13.6. The van der Waals surface area contributed by atoms with Crippen molar-refractivity contribution >= 4 is 12.1 Å². The number of nitrogens with zero attached hydrogens (tertiary/aromatic N) is 2. The average molecular weight is 635 g/mol. The second-order valence-corrected chi connectivity index (χ2v) is 13.6. The van der Waals surface area contributed by atoms with Crippen molar-refractivity contribution in [1.82, 2.24) is 9.80 Å². The lowest BCUT2D eigenvalue weighted by Crippen LogP contribution is -2.50. The summed E-state index contributed by atoms with van der Waals surface area (Å²) >= 11 is 0. The van der Waals surface area contributed by atoms with Gasteiger partial charge in [0.25, 0.3) is 0 Å². The van der Waals surface area contributed by atoms with Crippen LogP contribution in [0.15, 0.2) is 36.0 Å². The third kappa shape index (κ3) is 10.9. The minimum Gasteiger partial charge on any atom is -0.457 e. The summed E-state index contributed by atoms with van der Waals surface area (Å²) in [6.45, 7) is 14.7. The highest BCUT2D eigenvalue weighted by Crippen LogP contribution is 2.36. The Hall–Kier alpha value is -2.24. The second kappa shape index (κ2) is 17.1. The van der Waals surface area contributed by atoms with Gasteiger partial charge in [0.2, 0.25) is 0 Å². The Morgan fingerprint density at radius 2 is 1.91 bits per heavy atom. The maximum atomic E-state index is 13.2. The van der Waals surface area contributed by atoms with Gasteiger partial charge in [-0.05, 0) is 64.1 Å².